The van der Waals surface area contributed by atoms with Gasteiger partial charge in [0, 0.05) is 5.92 Å². The highest BCUT2D eigenvalue weighted by Gasteiger charge is 2.13. The maximum atomic E-state index is 10.8. The van der Waals surface area contributed by atoms with E-state index in [1.54, 1.807) is 0 Å². The van der Waals surface area contributed by atoms with Crippen molar-refractivity contribution < 1.29 is 14.6 Å². The van der Waals surface area contributed by atoms with Gasteiger partial charge in [0.25, 0.3) is 0 Å². The second-order valence-electron chi connectivity index (χ2n) is 4.87. The second-order valence-corrected chi connectivity index (χ2v) is 4.87. The molecule has 0 aliphatic carbocycles. The Bertz CT molecular complexity index is 566. The molecule has 0 heterocycles. The van der Waals surface area contributed by atoms with E-state index in [4.69, 9.17) is 15.6 Å². The molecule has 3 N–H and O–H groups in total. The molecule has 0 saturated heterocycles. The standard InChI is InChI=1S/C17H19NO3/c18-11-15(10-17(19)20)14-6-8-16(9-7-14)21-12-13-4-2-1-3-5-13/h1-9,15H,10-12,18H2,(H,19,20)/t15-/m1/s1. The molecule has 0 radical (unpaired) electrons. The summed E-state index contributed by atoms with van der Waals surface area (Å²) in [5, 5.41) is 8.86. The summed E-state index contributed by atoms with van der Waals surface area (Å²) < 4.78 is 5.69. The van der Waals surface area contributed by atoms with Crippen molar-refractivity contribution in [2.75, 3.05) is 6.54 Å². The van der Waals surface area contributed by atoms with Crippen LogP contribution in [0, 0.1) is 0 Å². The highest BCUT2D eigenvalue weighted by molar-refractivity contribution is 5.68. The molecule has 2 aromatic carbocycles. The number of carboxylic acid groups (broad SMARTS) is 1. The van der Waals surface area contributed by atoms with E-state index in [9.17, 15) is 4.79 Å². The van der Waals surface area contributed by atoms with Gasteiger partial charge in [-0.3, -0.25) is 4.79 Å². The molecule has 0 aromatic heterocycles. The van der Waals surface area contributed by atoms with Crippen molar-refractivity contribution in [3.63, 3.8) is 0 Å². The van der Waals surface area contributed by atoms with Gasteiger partial charge in [0.15, 0.2) is 0 Å². The minimum atomic E-state index is -0.838. The molecule has 0 aliphatic heterocycles. The van der Waals surface area contributed by atoms with E-state index in [2.05, 4.69) is 0 Å². The van der Waals surface area contributed by atoms with Gasteiger partial charge in [0.1, 0.15) is 12.4 Å². The highest BCUT2D eigenvalue weighted by atomic mass is 16.5. The first-order valence-corrected chi connectivity index (χ1v) is 6.87. The number of hydrogen-bond acceptors (Lipinski definition) is 3. The summed E-state index contributed by atoms with van der Waals surface area (Å²) >= 11 is 0. The lowest BCUT2D eigenvalue weighted by molar-refractivity contribution is -0.137. The molecule has 110 valence electrons. The minimum Gasteiger partial charge on any atom is -0.489 e. The Balaban J connectivity index is 1.96. The molecule has 2 aromatic rings. The Hall–Kier alpha value is -2.33. The summed E-state index contributed by atoms with van der Waals surface area (Å²) in [6.07, 6.45) is 0.0424. The van der Waals surface area contributed by atoms with Crippen molar-refractivity contribution >= 4 is 5.97 Å². The monoisotopic (exact) mass is 285 g/mol. The number of ether oxygens (including phenoxy) is 1. The van der Waals surface area contributed by atoms with Crippen LogP contribution in [-0.2, 0) is 11.4 Å². The van der Waals surface area contributed by atoms with E-state index < -0.39 is 5.97 Å². The van der Waals surface area contributed by atoms with Crippen LogP contribution in [0.3, 0.4) is 0 Å². The largest absolute Gasteiger partial charge is 0.489 e. The number of hydrogen-bond donors (Lipinski definition) is 2. The van der Waals surface area contributed by atoms with Gasteiger partial charge in [-0.15, -0.1) is 0 Å². The molecule has 21 heavy (non-hydrogen) atoms. The van der Waals surface area contributed by atoms with Crippen molar-refractivity contribution in [1.82, 2.24) is 0 Å². The van der Waals surface area contributed by atoms with Crippen LogP contribution < -0.4 is 10.5 Å². The fourth-order valence-corrected chi connectivity index (χ4v) is 2.13. The van der Waals surface area contributed by atoms with Crippen LogP contribution in [-0.4, -0.2) is 17.6 Å². The van der Waals surface area contributed by atoms with Gasteiger partial charge in [-0.1, -0.05) is 42.5 Å². The van der Waals surface area contributed by atoms with Gasteiger partial charge in [-0.05, 0) is 29.8 Å². The maximum Gasteiger partial charge on any atom is 0.304 e. The maximum absolute atomic E-state index is 10.8. The average molecular weight is 285 g/mol. The van der Waals surface area contributed by atoms with Gasteiger partial charge in [-0.2, -0.15) is 0 Å². The summed E-state index contributed by atoms with van der Waals surface area (Å²) in [4.78, 5) is 10.8. The first kappa shape index (κ1) is 15.1. The predicted octanol–water partition coefficient (Wildman–Crippen LogP) is 2.78. The minimum absolute atomic E-state index is 0.0424. The summed E-state index contributed by atoms with van der Waals surface area (Å²) in [6, 6.07) is 17.4. The summed E-state index contributed by atoms with van der Waals surface area (Å²) in [6.45, 7) is 0.826. The molecule has 4 heteroatoms. The SMILES string of the molecule is NC[C@@H](CC(=O)O)c1ccc(OCc2ccccc2)cc1. The number of benzene rings is 2. The van der Waals surface area contributed by atoms with Gasteiger partial charge < -0.3 is 15.6 Å². The summed E-state index contributed by atoms with van der Waals surface area (Å²) in [7, 11) is 0. The Morgan fingerprint density at radius 3 is 2.33 bits per heavy atom. The van der Waals surface area contributed by atoms with Crippen LogP contribution in [0.25, 0.3) is 0 Å². The number of aliphatic carboxylic acids is 1. The quantitative estimate of drug-likeness (QED) is 0.820. The molecule has 4 nitrogen and oxygen atoms in total. The lowest BCUT2D eigenvalue weighted by Crippen LogP contribution is -2.16. The molecule has 0 bridgehead atoms. The van der Waals surface area contributed by atoms with Crippen molar-refractivity contribution in [1.29, 1.82) is 0 Å². The third-order valence-corrected chi connectivity index (χ3v) is 3.31. The van der Waals surface area contributed by atoms with Crippen molar-refractivity contribution in [2.24, 2.45) is 5.73 Å². The lowest BCUT2D eigenvalue weighted by atomic mass is 9.96. The Kier molecular flexibility index (Phi) is 5.35. The first-order valence-electron chi connectivity index (χ1n) is 6.87. The van der Waals surface area contributed by atoms with E-state index in [1.165, 1.54) is 0 Å². The molecule has 0 spiro atoms. The smallest absolute Gasteiger partial charge is 0.304 e. The van der Waals surface area contributed by atoms with E-state index in [0.29, 0.717) is 13.2 Å². The Labute approximate surface area is 124 Å². The van der Waals surface area contributed by atoms with E-state index >= 15 is 0 Å². The molecule has 0 amide bonds. The zero-order chi connectivity index (χ0) is 15.1. The molecular weight excluding hydrogens is 266 g/mol. The van der Waals surface area contributed by atoms with Crippen LogP contribution in [0.5, 0.6) is 5.75 Å². The molecule has 0 saturated carbocycles. The van der Waals surface area contributed by atoms with Gasteiger partial charge in [0.05, 0.1) is 6.42 Å². The number of carbonyl (C=O) groups is 1. The summed E-state index contributed by atoms with van der Waals surface area (Å²) in [5.74, 6) is -0.241. The van der Waals surface area contributed by atoms with E-state index in [1.807, 2.05) is 54.6 Å². The van der Waals surface area contributed by atoms with Crippen molar-refractivity contribution in [3.8, 4) is 5.75 Å². The average Bonchev–Trinajstić information content (AvgIpc) is 2.52. The summed E-state index contributed by atoms with van der Waals surface area (Å²) in [5.41, 5.74) is 7.66. The molecule has 2 rings (SSSR count). The molecule has 0 fully saturated rings. The van der Waals surface area contributed by atoms with E-state index in [-0.39, 0.29) is 12.3 Å². The van der Waals surface area contributed by atoms with Crippen LogP contribution in [0.2, 0.25) is 0 Å². The topological polar surface area (TPSA) is 72.6 Å². The van der Waals surface area contributed by atoms with Crippen molar-refractivity contribution in [2.45, 2.75) is 18.9 Å². The third-order valence-electron chi connectivity index (χ3n) is 3.31. The second kappa shape index (κ2) is 7.45. The molecule has 1 atom stereocenters. The van der Waals surface area contributed by atoms with Crippen LogP contribution in [0.1, 0.15) is 23.5 Å². The Morgan fingerprint density at radius 2 is 1.76 bits per heavy atom. The Morgan fingerprint density at radius 1 is 1.10 bits per heavy atom. The fraction of sp³-hybridized carbons (Fsp3) is 0.235. The van der Waals surface area contributed by atoms with Gasteiger partial charge in [-0.25, -0.2) is 0 Å². The van der Waals surface area contributed by atoms with Crippen LogP contribution in [0.4, 0.5) is 0 Å². The van der Waals surface area contributed by atoms with Gasteiger partial charge in [0.2, 0.25) is 0 Å². The number of nitrogens with two attached hydrogens (primary N) is 1. The predicted molar refractivity (Wildman–Crippen MR) is 81.3 cm³/mol. The third kappa shape index (κ3) is 4.61. The first-order chi connectivity index (χ1) is 10.2. The van der Waals surface area contributed by atoms with Gasteiger partial charge >= 0.3 is 5.97 Å². The fourth-order valence-electron chi connectivity index (χ4n) is 2.13. The van der Waals surface area contributed by atoms with Crippen LogP contribution >= 0.6 is 0 Å². The highest BCUT2D eigenvalue weighted by Crippen LogP contribution is 2.22. The number of rotatable bonds is 7. The van der Waals surface area contributed by atoms with Crippen molar-refractivity contribution in [3.05, 3.63) is 65.7 Å². The van der Waals surface area contributed by atoms with E-state index in [0.717, 1.165) is 16.9 Å². The molecular formula is C17H19NO3. The number of carboxylic acids is 1. The lowest BCUT2D eigenvalue weighted by Gasteiger charge is -2.13. The van der Waals surface area contributed by atoms with Crippen LogP contribution in [0.15, 0.2) is 54.6 Å². The molecule has 0 unspecified atom stereocenters. The normalized spacial score (nSPS) is 11.9. The zero-order valence-electron chi connectivity index (χ0n) is 11.7. The molecule has 0 aliphatic rings. The zero-order valence-corrected chi connectivity index (χ0v) is 11.7.